The van der Waals surface area contributed by atoms with Gasteiger partial charge in [0.2, 0.25) is 5.82 Å². The second kappa shape index (κ2) is 8.42. The molecule has 2 heterocycles. The first-order valence-electron chi connectivity index (χ1n) is 8.11. The Hall–Kier alpha value is -1.96. The Balaban J connectivity index is 1.48. The van der Waals surface area contributed by atoms with E-state index in [0.29, 0.717) is 17.2 Å². The maximum Gasteiger partial charge on any atom is 0.335 e. The highest BCUT2D eigenvalue weighted by Gasteiger charge is 2.21. The van der Waals surface area contributed by atoms with Crippen molar-refractivity contribution in [3.63, 3.8) is 0 Å². The third-order valence-corrected chi connectivity index (χ3v) is 4.13. The van der Waals surface area contributed by atoms with Gasteiger partial charge >= 0.3 is 5.97 Å². The Morgan fingerprint density at radius 3 is 3.04 bits per heavy atom. The fourth-order valence-electron chi connectivity index (χ4n) is 2.41. The van der Waals surface area contributed by atoms with Gasteiger partial charge in [-0.25, -0.2) is 4.79 Å². The lowest BCUT2D eigenvalue weighted by Crippen LogP contribution is -2.27. The molecule has 0 radical (unpaired) electrons. The summed E-state index contributed by atoms with van der Waals surface area (Å²) >= 11 is 6.09. The van der Waals surface area contributed by atoms with Crippen LogP contribution in [0, 0.1) is 0 Å². The summed E-state index contributed by atoms with van der Waals surface area (Å²) < 4.78 is 21.2. The van der Waals surface area contributed by atoms with Crippen LogP contribution in [-0.4, -0.2) is 41.5 Å². The highest BCUT2D eigenvalue weighted by molar-refractivity contribution is 6.33. The van der Waals surface area contributed by atoms with Gasteiger partial charge in [-0.15, -0.1) is 0 Å². The Bertz CT molecular complexity index is 715. The Labute approximate surface area is 150 Å². The molecule has 0 spiro atoms. The lowest BCUT2D eigenvalue weighted by Gasteiger charge is -2.14. The van der Waals surface area contributed by atoms with Gasteiger partial charge in [-0.3, -0.25) is 0 Å². The minimum Gasteiger partial charge on any atom is -0.455 e. The molecule has 0 amide bonds. The van der Waals surface area contributed by atoms with Crippen molar-refractivity contribution < 1.29 is 23.5 Å². The van der Waals surface area contributed by atoms with Gasteiger partial charge < -0.3 is 18.7 Å². The molecule has 1 saturated heterocycles. The fraction of sp³-hybridized carbons (Fsp3) is 0.471. The van der Waals surface area contributed by atoms with E-state index in [1.807, 2.05) is 12.1 Å². The molecule has 1 aromatic carbocycles. The van der Waals surface area contributed by atoms with Crippen LogP contribution in [0.2, 0.25) is 5.02 Å². The van der Waals surface area contributed by atoms with Crippen LogP contribution < -0.4 is 0 Å². The second-order valence-electron chi connectivity index (χ2n) is 5.71. The first-order valence-corrected chi connectivity index (χ1v) is 8.48. The van der Waals surface area contributed by atoms with E-state index < -0.39 is 12.1 Å². The van der Waals surface area contributed by atoms with Crippen LogP contribution >= 0.6 is 11.6 Å². The van der Waals surface area contributed by atoms with Crippen LogP contribution in [0.3, 0.4) is 0 Å². The van der Waals surface area contributed by atoms with Gasteiger partial charge in [-0.2, -0.15) is 4.98 Å². The van der Waals surface area contributed by atoms with Gasteiger partial charge in [0.05, 0.1) is 23.3 Å². The molecule has 2 unspecified atom stereocenters. The van der Waals surface area contributed by atoms with Crippen LogP contribution in [0.25, 0.3) is 11.5 Å². The third kappa shape index (κ3) is 4.78. The highest BCUT2D eigenvalue weighted by atomic mass is 35.5. The molecular formula is C17H19ClN2O5. The lowest BCUT2D eigenvalue weighted by atomic mass is 10.2. The Morgan fingerprint density at radius 2 is 2.28 bits per heavy atom. The van der Waals surface area contributed by atoms with Crippen LogP contribution in [0.1, 0.15) is 25.6 Å². The van der Waals surface area contributed by atoms with Crippen LogP contribution in [0.4, 0.5) is 0 Å². The number of benzene rings is 1. The number of carbonyl (C=O) groups is 1. The number of nitrogens with zero attached hydrogens (tertiary/aromatic N) is 2. The summed E-state index contributed by atoms with van der Waals surface area (Å²) in [5.74, 6) is 0.0519. The molecule has 3 rings (SSSR count). The van der Waals surface area contributed by atoms with Crippen molar-refractivity contribution in [2.24, 2.45) is 0 Å². The zero-order valence-electron chi connectivity index (χ0n) is 13.8. The van der Waals surface area contributed by atoms with Crippen LogP contribution in [-0.2, 0) is 25.6 Å². The standard InChI is InChI=1S/C17H19ClN2O5/c1-11(23-9-12-5-4-8-22-12)17(21)24-10-15-19-16(25-20-15)13-6-2-3-7-14(13)18/h2-3,6-7,11-12H,4-5,8-10H2,1H3. The van der Waals surface area contributed by atoms with Crippen LogP contribution in [0.5, 0.6) is 0 Å². The van der Waals surface area contributed by atoms with E-state index >= 15 is 0 Å². The van der Waals surface area contributed by atoms with Crippen molar-refractivity contribution in [2.75, 3.05) is 13.2 Å². The molecule has 25 heavy (non-hydrogen) atoms. The fourth-order valence-corrected chi connectivity index (χ4v) is 2.62. The molecule has 8 heteroatoms. The van der Waals surface area contributed by atoms with E-state index in [2.05, 4.69) is 10.1 Å². The molecule has 1 aromatic heterocycles. The molecule has 0 aliphatic carbocycles. The molecule has 134 valence electrons. The predicted molar refractivity (Wildman–Crippen MR) is 88.9 cm³/mol. The summed E-state index contributed by atoms with van der Waals surface area (Å²) in [6.45, 7) is 2.68. The van der Waals surface area contributed by atoms with Gasteiger partial charge in [0.15, 0.2) is 12.7 Å². The number of aromatic nitrogens is 2. The molecule has 0 saturated carbocycles. The number of hydrogen-bond donors (Lipinski definition) is 0. The molecule has 0 bridgehead atoms. The minimum atomic E-state index is -0.681. The van der Waals surface area contributed by atoms with Crippen molar-refractivity contribution >= 4 is 17.6 Å². The molecule has 2 aromatic rings. The van der Waals surface area contributed by atoms with Gasteiger partial charge in [0.1, 0.15) is 0 Å². The molecular weight excluding hydrogens is 348 g/mol. The molecule has 0 N–H and O–H groups in total. The van der Waals surface area contributed by atoms with E-state index in [9.17, 15) is 4.79 Å². The molecule has 1 fully saturated rings. The highest BCUT2D eigenvalue weighted by Crippen LogP contribution is 2.25. The second-order valence-corrected chi connectivity index (χ2v) is 6.12. The summed E-state index contributed by atoms with van der Waals surface area (Å²) in [6, 6.07) is 7.13. The van der Waals surface area contributed by atoms with Crippen molar-refractivity contribution in [1.82, 2.24) is 10.1 Å². The summed E-state index contributed by atoms with van der Waals surface area (Å²) in [5, 5.41) is 4.30. The quantitative estimate of drug-likeness (QED) is 0.696. The first-order chi connectivity index (χ1) is 12.1. The normalized spacial score (nSPS) is 18.2. The summed E-state index contributed by atoms with van der Waals surface area (Å²) in [4.78, 5) is 16.1. The zero-order chi connectivity index (χ0) is 17.6. The van der Waals surface area contributed by atoms with Gasteiger partial charge in [0, 0.05) is 6.61 Å². The third-order valence-electron chi connectivity index (χ3n) is 3.80. The zero-order valence-corrected chi connectivity index (χ0v) is 14.6. The number of hydrogen-bond acceptors (Lipinski definition) is 7. The molecule has 1 aliphatic heterocycles. The average molecular weight is 367 g/mol. The lowest BCUT2D eigenvalue weighted by molar-refractivity contribution is -0.159. The van der Waals surface area contributed by atoms with Crippen molar-refractivity contribution in [1.29, 1.82) is 0 Å². The van der Waals surface area contributed by atoms with Gasteiger partial charge in [0.25, 0.3) is 5.89 Å². The number of ether oxygens (including phenoxy) is 3. The van der Waals surface area contributed by atoms with Crippen LogP contribution in [0.15, 0.2) is 28.8 Å². The summed E-state index contributed by atoms with van der Waals surface area (Å²) in [5.41, 5.74) is 0.627. The number of esters is 1. The predicted octanol–water partition coefficient (Wildman–Crippen LogP) is 3.02. The van der Waals surface area contributed by atoms with E-state index in [4.69, 9.17) is 30.3 Å². The van der Waals surface area contributed by atoms with Crippen molar-refractivity contribution in [2.45, 2.75) is 38.6 Å². The molecule has 1 aliphatic rings. The van der Waals surface area contributed by atoms with Gasteiger partial charge in [-0.1, -0.05) is 28.9 Å². The first kappa shape index (κ1) is 17.8. The van der Waals surface area contributed by atoms with Crippen molar-refractivity contribution in [3.8, 4) is 11.5 Å². The van der Waals surface area contributed by atoms with E-state index in [-0.39, 0.29) is 24.4 Å². The maximum atomic E-state index is 12.0. The maximum absolute atomic E-state index is 12.0. The summed E-state index contributed by atoms with van der Waals surface area (Å²) in [7, 11) is 0. The Kier molecular flexibility index (Phi) is 6.01. The minimum absolute atomic E-state index is 0.0608. The van der Waals surface area contributed by atoms with E-state index in [1.165, 1.54) is 0 Å². The molecule has 7 nitrogen and oxygen atoms in total. The van der Waals surface area contributed by atoms with Crippen molar-refractivity contribution in [3.05, 3.63) is 35.1 Å². The number of rotatable bonds is 7. The molecule has 2 atom stereocenters. The topological polar surface area (TPSA) is 83.7 Å². The van der Waals surface area contributed by atoms with E-state index in [0.717, 1.165) is 19.4 Å². The van der Waals surface area contributed by atoms with E-state index in [1.54, 1.807) is 19.1 Å². The smallest absolute Gasteiger partial charge is 0.335 e. The number of halogens is 1. The Morgan fingerprint density at radius 1 is 1.44 bits per heavy atom. The number of carbonyl (C=O) groups excluding carboxylic acids is 1. The average Bonchev–Trinajstić information content (AvgIpc) is 3.29. The SMILES string of the molecule is CC(OCC1CCCO1)C(=O)OCc1noc(-c2ccccc2Cl)n1. The largest absolute Gasteiger partial charge is 0.455 e. The van der Waals surface area contributed by atoms with Gasteiger partial charge in [-0.05, 0) is 31.9 Å². The summed E-state index contributed by atoms with van der Waals surface area (Å²) in [6.07, 6.45) is 1.36. The monoisotopic (exact) mass is 366 g/mol.